The van der Waals surface area contributed by atoms with E-state index in [0.717, 1.165) is 45.6 Å². The van der Waals surface area contributed by atoms with Crippen LogP contribution in [0.3, 0.4) is 0 Å². The van der Waals surface area contributed by atoms with Crippen molar-refractivity contribution in [1.29, 1.82) is 0 Å². The molecule has 0 radical (unpaired) electrons. The van der Waals surface area contributed by atoms with Crippen LogP contribution < -0.4 is 14.8 Å². The first-order chi connectivity index (χ1) is 17.5. The van der Waals surface area contributed by atoms with Gasteiger partial charge in [0.2, 0.25) is 11.8 Å². The van der Waals surface area contributed by atoms with E-state index in [1.165, 1.54) is 0 Å². The zero-order valence-electron chi connectivity index (χ0n) is 22.6. The summed E-state index contributed by atoms with van der Waals surface area (Å²) in [6, 6.07) is 12.5. The molecule has 0 unspecified atom stereocenters. The number of hydrogen-bond donors (Lipinski definition) is 2. The number of rotatable bonds is 6. The number of ether oxygens (including phenoxy) is 2. The van der Waals surface area contributed by atoms with Crippen LogP contribution in [0.1, 0.15) is 63.9 Å². The van der Waals surface area contributed by atoms with Gasteiger partial charge in [-0.15, -0.1) is 0 Å². The monoisotopic (exact) mass is 503 g/mol. The molecule has 1 fully saturated rings. The van der Waals surface area contributed by atoms with Gasteiger partial charge in [-0.05, 0) is 68.5 Å². The summed E-state index contributed by atoms with van der Waals surface area (Å²) in [5.74, 6) is 1.80. The zero-order chi connectivity index (χ0) is 26.5. The summed E-state index contributed by atoms with van der Waals surface area (Å²) >= 11 is 0. The molecule has 1 saturated heterocycles. The van der Waals surface area contributed by atoms with Crippen LogP contribution in [0, 0.1) is 5.92 Å². The second-order valence-electron chi connectivity index (χ2n) is 11.7. The second-order valence-corrected chi connectivity index (χ2v) is 11.7. The maximum absolute atomic E-state index is 13.9. The molecule has 196 valence electrons. The maximum Gasteiger partial charge on any atom is 0.246 e. The minimum absolute atomic E-state index is 0.0212. The molecule has 3 atom stereocenters. The number of nitrogens with one attached hydrogen (secondary N) is 2. The van der Waals surface area contributed by atoms with Crippen molar-refractivity contribution in [3.63, 3.8) is 0 Å². The van der Waals surface area contributed by atoms with Gasteiger partial charge in [-0.3, -0.25) is 9.59 Å². The Morgan fingerprint density at radius 1 is 1.05 bits per heavy atom. The molecular weight excluding hydrogens is 466 g/mol. The number of H-pyrrole nitrogens is 1. The Bertz CT molecular complexity index is 1320. The number of amides is 2. The lowest BCUT2D eigenvalue weighted by Gasteiger charge is -2.46. The molecule has 0 saturated carbocycles. The van der Waals surface area contributed by atoms with E-state index in [9.17, 15) is 9.59 Å². The molecule has 2 N–H and O–H groups in total. The Balaban J connectivity index is 1.45. The van der Waals surface area contributed by atoms with Crippen LogP contribution in [0.2, 0.25) is 0 Å². The van der Waals surface area contributed by atoms with E-state index in [-0.39, 0.29) is 23.5 Å². The molecule has 0 bridgehead atoms. The average Bonchev–Trinajstić information content (AvgIpc) is 3.20. The smallest absolute Gasteiger partial charge is 0.246 e. The fourth-order valence-electron chi connectivity index (χ4n) is 5.67. The van der Waals surface area contributed by atoms with Crippen molar-refractivity contribution >= 4 is 22.7 Å². The number of carbonyl (C=O) groups is 2. The summed E-state index contributed by atoms with van der Waals surface area (Å²) in [6.45, 7) is 10.3. The number of fused-ring (bicyclic) bond motifs is 4. The average molecular weight is 504 g/mol. The summed E-state index contributed by atoms with van der Waals surface area (Å²) in [5, 5.41) is 4.13. The van der Waals surface area contributed by atoms with E-state index >= 15 is 0 Å². The van der Waals surface area contributed by atoms with Gasteiger partial charge in [0.05, 0.1) is 13.2 Å². The summed E-state index contributed by atoms with van der Waals surface area (Å²) in [5.41, 5.74) is 3.84. The minimum Gasteiger partial charge on any atom is -0.497 e. The van der Waals surface area contributed by atoms with Crippen molar-refractivity contribution in [3.8, 4) is 11.5 Å². The van der Waals surface area contributed by atoms with Crippen molar-refractivity contribution in [1.82, 2.24) is 15.2 Å². The summed E-state index contributed by atoms with van der Waals surface area (Å²) in [7, 11) is 1.65. The van der Waals surface area contributed by atoms with E-state index < -0.39 is 12.1 Å². The van der Waals surface area contributed by atoms with E-state index in [0.29, 0.717) is 18.8 Å². The highest BCUT2D eigenvalue weighted by Gasteiger charge is 2.48. The summed E-state index contributed by atoms with van der Waals surface area (Å²) in [4.78, 5) is 32.8. The van der Waals surface area contributed by atoms with Gasteiger partial charge in [0.25, 0.3) is 0 Å². The molecule has 2 amide bonds. The molecule has 7 heteroatoms. The largest absolute Gasteiger partial charge is 0.497 e. The highest BCUT2D eigenvalue weighted by Crippen LogP contribution is 2.42. The van der Waals surface area contributed by atoms with Gasteiger partial charge in [-0.1, -0.05) is 26.0 Å². The molecule has 3 aromatic rings. The Morgan fingerprint density at radius 3 is 2.41 bits per heavy atom. The Morgan fingerprint density at radius 2 is 1.76 bits per heavy atom. The van der Waals surface area contributed by atoms with E-state index in [4.69, 9.17) is 9.47 Å². The number of nitrogens with zero attached hydrogens (tertiary/aromatic N) is 1. The molecule has 1 aromatic heterocycles. The van der Waals surface area contributed by atoms with Gasteiger partial charge in [-0.2, -0.15) is 0 Å². The van der Waals surface area contributed by atoms with Crippen molar-refractivity contribution < 1.29 is 19.1 Å². The first-order valence-electron chi connectivity index (χ1n) is 13.1. The zero-order valence-corrected chi connectivity index (χ0v) is 22.6. The highest BCUT2D eigenvalue weighted by atomic mass is 16.5. The number of piperazine rings is 1. The Labute approximate surface area is 218 Å². The molecule has 5 rings (SSSR count). The molecule has 3 heterocycles. The fraction of sp³-hybridized carbons (Fsp3) is 0.467. The second kappa shape index (κ2) is 9.43. The van der Waals surface area contributed by atoms with E-state index in [1.807, 2.05) is 68.1 Å². The highest BCUT2D eigenvalue weighted by molar-refractivity contribution is 5.99. The lowest BCUT2D eigenvalue weighted by Crippen LogP contribution is -2.66. The maximum atomic E-state index is 13.9. The number of aromatic amines is 1. The van der Waals surface area contributed by atoms with Crippen molar-refractivity contribution in [3.05, 3.63) is 59.3 Å². The summed E-state index contributed by atoms with van der Waals surface area (Å²) < 4.78 is 11.3. The number of benzene rings is 2. The van der Waals surface area contributed by atoms with Crippen molar-refractivity contribution in [2.75, 3.05) is 7.11 Å². The van der Waals surface area contributed by atoms with Crippen LogP contribution >= 0.6 is 0 Å². The lowest BCUT2D eigenvalue weighted by molar-refractivity contribution is -0.153. The number of carbonyl (C=O) groups excluding carboxylic acids is 2. The van der Waals surface area contributed by atoms with Gasteiger partial charge < -0.3 is 24.7 Å². The summed E-state index contributed by atoms with van der Waals surface area (Å²) in [6.07, 6.45) is 1.71. The van der Waals surface area contributed by atoms with Crippen LogP contribution in [0.5, 0.6) is 11.5 Å². The SMILES string of the molecule is COc1ccc2c3c([nH]c2c1)[C@H](CC(C)C)N1C(=O)[C@H](Cc2ccc(OC(C)(C)C)cc2)NC(=O)[C@@H]1C3. The molecule has 2 aliphatic rings. The Hall–Kier alpha value is -3.48. The lowest BCUT2D eigenvalue weighted by atomic mass is 9.84. The third kappa shape index (κ3) is 4.91. The quantitative estimate of drug-likeness (QED) is 0.499. The van der Waals surface area contributed by atoms with Crippen LogP contribution in [0.15, 0.2) is 42.5 Å². The Kier molecular flexibility index (Phi) is 6.42. The third-order valence-electron chi connectivity index (χ3n) is 7.20. The predicted octanol–water partition coefficient (Wildman–Crippen LogP) is 4.94. The van der Waals surface area contributed by atoms with E-state index in [2.05, 4.69) is 24.1 Å². The number of aromatic nitrogens is 1. The van der Waals surface area contributed by atoms with Crippen molar-refractivity contribution in [2.45, 2.75) is 77.6 Å². The molecule has 7 nitrogen and oxygen atoms in total. The third-order valence-corrected chi connectivity index (χ3v) is 7.20. The van der Waals surface area contributed by atoms with Crippen LogP contribution in [0.25, 0.3) is 10.9 Å². The first kappa shape index (κ1) is 25.2. The molecule has 2 aromatic carbocycles. The molecule has 0 aliphatic carbocycles. The molecule has 37 heavy (non-hydrogen) atoms. The topological polar surface area (TPSA) is 83.7 Å². The van der Waals surface area contributed by atoms with Gasteiger partial charge in [-0.25, -0.2) is 0 Å². The van der Waals surface area contributed by atoms with Gasteiger partial charge in [0.1, 0.15) is 29.2 Å². The van der Waals surface area contributed by atoms with Gasteiger partial charge >= 0.3 is 0 Å². The van der Waals surface area contributed by atoms with Crippen LogP contribution in [-0.2, 0) is 22.4 Å². The molecule has 2 aliphatic heterocycles. The first-order valence-corrected chi connectivity index (χ1v) is 13.1. The van der Waals surface area contributed by atoms with Crippen molar-refractivity contribution in [2.24, 2.45) is 5.92 Å². The van der Waals surface area contributed by atoms with Gasteiger partial charge in [0.15, 0.2) is 0 Å². The standard InChI is InChI=1S/C30H37N3O4/c1-17(2)13-25-27-22(21-12-11-20(36-6)15-23(21)31-27)16-26-28(34)32-24(29(35)33(25)26)14-18-7-9-19(10-8-18)37-30(3,4)5/h7-12,15,17,24-26,31H,13-14,16H2,1-6H3,(H,32,34)/t24-,25-,26-/m0/s1. The van der Waals surface area contributed by atoms with Gasteiger partial charge in [0, 0.05) is 35.5 Å². The molecular formula is C30H37N3O4. The van der Waals surface area contributed by atoms with Crippen LogP contribution in [0.4, 0.5) is 0 Å². The van der Waals surface area contributed by atoms with Crippen LogP contribution in [-0.4, -0.2) is 46.5 Å². The minimum atomic E-state index is -0.598. The number of hydrogen-bond acceptors (Lipinski definition) is 4. The predicted molar refractivity (Wildman–Crippen MR) is 144 cm³/mol. The normalized spacial score (nSPS) is 21.6. The fourth-order valence-corrected chi connectivity index (χ4v) is 5.67. The van der Waals surface area contributed by atoms with E-state index in [1.54, 1.807) is 7.11 Å². The molecule has 0 spiro atoms. The number of methoxy groups -OCH3 is 1.